The highest BCUT2D eigenvalue weighted by molar-refractivity contribution is 5.71. The molecule has 0 aromatic rings. The van der Waals surface area contributed by atoms with Crippen LogP contribution < -0.4 is 0 Å². The Bertz CT molecular complexity index is 1480. The van der Waals surface area contributed by atoms with Crippen LogP contribution in [0.15, 0.2) is 97.2 Å². The molecule has 0 spiro atoms. The smallest absolute Gasteiger partial charge is 0.306 e. The molecule has 0 heterocycles. The SMILES string of the molecule is CC/C=C\C/C=C\C/C=C\C/C=C\CCCCCCCCC(=O)OC(COC(=O)CCCCC/C=C\C/C=C\C/C=C\CC)COC(=O)CCCCCCCCCCCCCCC/C=C\CCCCCCCCCC. The maximum Gasteiger partial charge on any atom is 0.306 e. The lowest BCUT2D eigenvalue weighted by Crippen LogP contribution is -2.30. The average Bonchev–Trinajstić information content (AvgIpc) is 3.41. The molecule has 0 aliphatic rings. The highest BCUT2D eigenvalue weighted by Crippen LogP contribution is 2.16. The summed E-state index contributed by atoms with van der Waals surface area (Å²) in [5, 5.41) is 0. The standard InChI is InChI=1S/C69H118O6/c1-4-7-10-13-16-19-22-25-27-29-31-32-33-34-35-36-38-39-41-44-47-50-53-56-59-62-68(71)74-65-66(64-73-67(70)61-58-55-52-49-46-43-24-21-18-15-12-9-6-3)75-69(72)63-60-57-54-51-48-45-42-40-37-30-28-26-23-20-17-14-11-8-5-2/h8-9,11-12,17-18,20-21,26,28-29,31,37,40,43,46,66H,4-7,10,13-16,19,22-25,27,30,32-36,38-39,41-42,44-45,47-65H2,1-3H3/b11-8-,12-9-,20-17-,21-18-,28-26-,31-29-,40-37-,46-43-. The molecule has 6 heteroatoms. The van der Waals surface area contributed by atoms with Crippen molar-refractivity contribution < 1.29 is 28.6 Å². The van der Waals surface area contributed by atoms with E-state index in [2.05, 4.69) is 118 Å². The van der Waals surface area contributed by atoms with Crippen LogP contribution in [0.4, 0.5) is 0 Å². The molecular formula is C69H118O6. The van der Waals surface area contributed by atoms with Crippen molar-refractivity contribution in [2.24, 2.45) is 0 Å². The van der Waals surface area contributed by atoms with Gasteiger partial charge in [-0.25, -0.2) is 0 Å². The molecule has 0 rings (SSSR count). The Morgan fingerprint density at radius 1 is 0.280 bits per heavy atom. The number of esters is 3. The monoisotopic (exact) mass is 1040 g/mol. The fraction of sp³-hybridized carbons (Fsp3) is 0.725. The largest absolute Gasteiger partial charge is 0.462 e. The minimum atomic E-state index is -0.799. The van der Waals surface area contributed by atoms with Crippen LogP contribution >= 0.6 is 0 Å². The highest BCUT2D eigenvalue weighted by atomic mass is 16.6. The third-order valence-corrected chi connectivity index (χ3v) is 13.6. The lowest BCUT2D eigenvalue weighted by Gasteiger charge is -2.18. The molecule has 0 fully saturated rings. The summed E-state index contributed by atoms with van der Waals surface area (Å²) in [5.41, 5.74) is 0. The van der Waals surface area contributed by atoms with Gasteiger partial charge in [-0.1, -0.05) is 266 Å². The first-order valence-electron chi connectivity index (χ1n) is 31.7. The molecule has 6 nitrogen and oxygen atoms in total. The maximum absolute atomic E-state index is 12.9. The van der Waals surface area contributed by atoms with Crippen LogP contribution in [0.2, 0.25) is 0 Å². The molecule has 0 saturated carbocycles. The lowest BCUT2D eigenvalue weighted by atomic mass is 10.0. The molecule has 1 unspecified atom stereocenters. The predicted octanol–water partition coefficient (Wildman–Crippen LogP) is 21.7. The van der Waals surface area contributed by atoms with E-state index in [1.807, 2.05) is 0 Å². The summed E-state index contributed by atoms with van der Waals surface area (Å²) >= 11 is 0. The van der Waals surface area contributed by atoms with E-state index in [-0.39, 0.29) is 31.1 Å². The van der Waals surface area contributed by atoms with E-state index in [0.717, 1.165) is 122 Å². The van der Waals surface area contributed by atoms with Gasteiger partial charge >= 0.3 is 17.9 Å². The number of rotatable bonds is 57. The van der Waals surface area contributed by atoms with Crippen LogP contribution in [0.1, 0.15) is 303 Å². The number of allylic oxidation sites excluding steroid dienone is 16. The zero-order valence-corrected chi connectivity index (χ0v) is 49.3. The minimum Gasteiger partial charge on any atom is -0.462 e. The molecule has 0 saturated heterocycles. The van der Waals surface area contributed by atoms with Gasteiger partial charge in [0.05, 0.1) is 0 Å². The normalized spacial score (nSPS) is 12.7. The van der Waals surface area contributed by atoms with Gasteiger partial charge in [0.25, 0.3) is 0 Å². The first-order chi connectivity index (χ1) is 37.0. The quantitative estimate of drug-likeness (QED) is 0.0261. The zero-order valence-electron chi connectivity index (χ0n) is 49.3. The Kier molecular flexibility index (Phi) is 59.8. The summed E-state index contributed by atoms with van der Waals surface area (Å²) in [7, 11) is 0. The van der Waals surface area contributed by atoms with Gasteiger partial charge in [0, 0.05) is 19.3 Å². The van der Waals surface area contributed by atoms with Crippen LogP contribution in [0, 0.1) is 0 Å². The number of hydrogen-bond acceptors (Lipinski definition) is 6. The summed E-state index contributed by atoms with van der Waals surface area (Å²) in [6, 6.07) is 0. The van der Waals surface area contributed by atoms with Crippen LogP contribution in [0.25, 0.3) is 0 Å². The van der Waals surface area contributed by atoms with Gasteiger partial charge in [0.2, 0.25) is 0 Å². The molecule has 75 heavy (non-hydrogen) atoms. The molecule has 430 valence electrons. The number of unbranched alkanes of at least 4 members (excludes halogenated alkanes) is 30. The van der Waals surface area contributed by atoms with Gasteiger partial charge in [-0.2, -0.15) is 0 Å². The van der Waals surface area contributed by atoms with Gasteiger partial charge in [-0.15, -0.1) is 0 Å². The number of carbonyl (C=O) groups is 3. The highest BCUT2D eigenvalue weighted by Gasteiger charge is 2.19. The summed E-state index contributed by atoms with van der Waals surface area (Å²) < 4.78 is 16.9. The van der Waals surface area contributed by atoms with E-state index in [9.17, 15) is 14.4 Å². The van der Waals surface area contributed by atoms with E-state index in [0.29, 0.717) is 19.3 Å². The van der Waals surface area contributed by atoms with Crippen molar-refractivity contribution in [3.8, 4) is 0 Å². The maximum atomic E-state index is 12.9. The fourth-order valence-electron chi connectivity index (χ4n) is 8.86. The topological polar surface area (TPSA) is 78.9 Å². The Balaban J connectivity index is 4.33. The second kappa shape index (κ2) is 62.9. The first kappa shape index (κ1) is 71.3. The molecule has 0 aromatic carbocycles. The van der Waals surface area contributed by atoms with E-state index >= 15 is 0 Å². The van der Waals surface area contributed by atoms with Crippen molar-refractivity contribution >= 4 is 17.9 Å². The van der Waals surface area contributed by atoms with Crippen molar-refractivity contribution in [2.75, 3.05) is 13.2 Å². The van der Waals surface area contributed by atoms with Crippen LogP contribution in [-0.2, 0) is 28.6 Å². The number of ether oxygens (including phenoxy) is 3. The fourth-order valence-corrected chi connectivity index (χ4v) is 8.86. The van der Waals surface area contributed by atoms with Gasteiger partial charge < -0.3 is 14.2 Å². The van der Waals surface area contributed by atoms with Crippen molar-refractivity contribution in [3.63, 3.8) is 0 Å². The van der Waals surface area contributed by atoms with E-state index in [1.54, 1.807) is 0 Å². The third-order valence-electron chi connectivity index (χ3n) is 13.6. The Morgan fingerprint density at radius 3 is 0.840 bits per heavy atom. The van der Waals surface area contributed by atoms with Gasteiger partial charge in [-0.3, -0.25) is 14.4 Å². The second-order valence-corrected chi connectivity index (χ2v) is 20.9. The van der Waals surface area contributed by atoms with Crippen molar-refractivity contribution in [3.05, 3.63) is 97.2 Å². The molecule has 0 bridgehead atoms. The van der Waals surface area contributed by atoms with Crippen LogP contribution in [-0.4, -0.2) is 37.2 Å². The van der Waals surface area contributed by atoms with E-state index in [1.165, 1.54) is 141 Å². The van der Waals surface area contributed by atoms with Crippen molar-refractivity contribution in [1.29, 1.82) is 0 Å². The molecule has 0 aromatic heterocycles. The van der Waals surface area contributed by atoms with Gasteiger partial charge in [0.15, 0.2) is 6.10 Å². The molecule has 0 radical (unpaired) electrons. The summed E-state index contributed by atoms with van der Waals surface area (Å²) in [6.07, 6.45) is 84.2. The van der Waals surface area contributed by atoms with Crippen molar-refractivity contribution in [2.45, 2.75) is 309 Å². The third kappa shape index (κ3) is 61.1. The molecule has 0 aliphatic carbocycles. The number of hydrogen-bond donors (Lipinski definition) is 0. The molecule has 0 N–H and O–H groups in total. The Morgan fingerprint density at radius 2 is 0.520 bits per heavy atom. The average molecular weight is 1040 g/mol. The summed E-state index contributed by atoms with van der Waals surface area (Å²) in [6.45, 7) is 6.40. The van der Waals surface area contributed by atoms with Gasteiger partial charge in [0.1, 0.15) is 13.2 Å². The van der Waals surface area contributed by atoms with Crippen LogP contribution in [0.3, 0.4) is 0 Å². The molecule has 0 amide bonds. The molecule has 0 aliphatic heterocycles. The van der Waals surface area contributed by atoms with Crippen LogP contribution in [0.5, 0.6) is 0 Å². The van der Waals surface area contributed by atoms with E-state index < -0.39 is 6.10 Å². The zero-order chi connectivity index (χ0) is 54.3. The summed E-state index contributed by atoms with van der Waals surface area (Å²) in [5.74, 6) is -0.930. The predicted molar refractivity (Wildman–Crippen MR) is 325 cm³/mol. The molecule has 1 atom stereocenters. The summed E-state index contributed by atoms with van der Waals surface area (Å²) in [4.78, 5) is 38.3. The second-order valence-electron chi connectivity index (χ2n) is 20.9. The first-order valence-corrected chi connectivity index (χ1v) is 31.7. The van der Waals surface area contributed by atoms with Crippen molar-refractivity contribution in [1.82, 2.24) is 0 Å². The Hall–Kier alpha value is -3.67. The van der Waals surface area contributed by atoms with Gasteiger partial charge in [-0.05, 0) is 116 Å². The number of carbonyl (C=O) groups excluding carboxylic acids is 3. The Labute approximate surface area is 464 Å². The molecular weight excluding hydrogens is 925 g/mol. The lowest BCUT2D eigenvalue weighted by molar-refractivity contribution is -0.167. The minimum absolute atomic E-state index is 0.0924. The van der Waals surface area contributed by atoms with E-state index in [4.69, 9.17) is 14.2 Å².